The average Bonchev–Trinajstić information content (AvgIpc) is 2.79. The van der Waals surface area contributed by atoms with Crippen LogP contribution in [-0.2, 0) is 4.79 Å². The third kappa shape index (κ3) is 4.75. The predicted molar refractivity (Wildman–Crippen MR) is 109 cm³/mol. The molecule has 1 aromatic rings. The Labute approximate surface area is 172 Å². The van der Waals surface area contributed by atoms with E-state index in [1.165, 1.54) is 6.20 Å². The van der Waals surface area contributed by atoms with E-state index < -0.39 is 0 Å². The fraction of sp³-hybridized carbons (Fsp3) is 0.714. The van der Waals surface area contributed by atoms with Gasteiger partial charge in [-0.15, -0.1) is 0 Å². The first-order chi connectivity index (χ1) is 14.1. The SMILES string of the molecule is CN1CCN(C(=O)[C@H]2CCCN(C3CCN(C(=O)c4cnccn4)CC3)C2)CC1. The van der Waals surface area contributed by atoms with E-state index >= 15 is 0 Å². The largest absolute Gasteiger partial charge is 0.340 e. The molecular formula is C21H32N6O2. The van der Waals surface area contributed by atoms with E-state index in [1.807, 2.05) is 4.90 Å². The fourth-order valence-electron chi connectivity index (χ4n) is 4.83. The standard InChI is InChI=1S/C21H32N6O2/c1-24-11-13-26(14-12-24)20(28)17-3-2-8-27(16-17)18-4-9-25(10-5-18)21(29)19-15-22-6-7-23-19/h6-7,15,17-18H,2-5,8-14,16H2,1H3/t17-/m0/s1. The van der Waals surface area contributed by atoms with Crippen LogP contribution in [0.4, 0.5) is 0 Å². The van der Waals surface area contributed by atoms with Gasteiger partial charge in [0.2, 0.25) is 5.91 Å². The number of likely N-dealkylation sites (N-methyl/N-ethyl adjacent to an activating group) is 1. The molecule has 0 spiro atoms. The van der Waals surface area contributed by atoms with E-state index in [0.29, 0.717) is 17.6 Å². The van der Waals surface area contributed by atoms with Crippen molar-refractivity contribution in [3.63, 3.8) is 0 Å². The van der Waals surface area contributed by atoms with Gasteiger partial charge < -0.3 is 14.7 Å². The van der Waals surface area contributed by atoms with Crippen LogP contribution < -0.4 is 0 Å². The molecular weight excluding hydrogens is 368 g/mol. The maximum atomic E-state index is 13.0. The van der Waals surface area contributed by atoms with Crippen LogP contribution in [0.1, 0.15) is 36.2 Å². The summed E-state index contributed by atoms with van der Waals surface area (Å²) in [5, 5.41) is 0. The Balaban J connectivity index is 1.28. The van der Waals surface area contributed by atoms with Gasteiger partial charge in [-0.1, -0.05) is 0 Å². The van der Waals surface area contributed by atoms with E-state index in [0.717, 1.165) is 78.0 Å². The van der Waals surface area contributed by atoms with E-state index in [-0.39, 0.29) is 11.8 Å². The molecule has 8 nitrogen and oxygen atoms in total. The lowest BCUT2D eigenvalue weighted by Crippen LogP contribution is -2.54. The quantitative estimate of drug-likeness (QED) is 0.739. The molecule has 0 aliphatic carbocycles. The highest BCUT2D eigenvalue weighted by Gasteiger charge is 2.35. The Bertz CT molecular complexity index is 698. The summed E-state index contributed by atoms with van der Waals surface area (Å²) in [6, 6.07) is 0.462. The number of piperazine rings is 1. The minimum atomic E-state index is -0.0293. The average molecular weight is 401 g/mol. The smallest absolute Gasteiger partial charge is 0.274 e. The first-order valence-electron chi connectivity index (χ1n) is 10.9. The number of amides is 2. The maximum Gasteiger partial charge on any atom is 0.274 e. The molecule has 1 aromatic heterocycles. The van der Waals surface area contributed by atoms with E-state index in [9.17, 15) is 9.59 Å². The Morgan fingerprint density at radius 1 is 0.931 bits per heavy atom. The minimum absolute atomic E-state index is 0.0293. The number of carbonyl (C=O) groups is 2. The Kier molecular flexibility index (Phi) is 6.40. The second-order valence-corrected chi connectivity index (χ2v) is 8.58. The second-order valence-electron chi connectivity index (χ2n) is 8.58. The molecule has 0 aromatic carbocycles. The number of hydrogen-bond acceptors (Lipinski definition) is 6. The Morgan fingerprint density at radius 2 is 1.69 bits per heavy atom. The van der Waals surface area contributed by atoms with Crippen LogP contribution in [0.2, 0.25) is 0 Å². The van der Waals surface area contributed by atoms with Crippen molar-refractivity contribution >= 4 is 11.8 Å². The van der Waals surface area contributed by atoms with E-state index in [2.05, 4.69) is 31.7 Å². The molecule has 158 valence electrons. The number of hydrogen-bond donors (Lipinski definition) is 0. The van der Waals surface area contributed by atoms with Gasteiger partial charge in [0, 0.05) is 64.2 Å². The number of aromatic nitrogens is 2. The molecule has 3 aliphatic heterocycles. The van der Waals surface area contributed by atoms with Crippen molar-refractivity contribution in [1.82, 2.24) is 29.6 Å². The van der Waals surface area contributed by atoms with Crippen LogP contribution in [0, 0.1) is 5.92 Å². The number of piperidine rings is 2. The molecule has 8 heteroatoms. The molecule has 0 saturated carbocycles. The molecule has 3 aliphatic rings. The van der Waals surface area contributed by atoms with Crippen LogP contribution in [0.5, 0.6) is 0 Å². The molecule has 4 heterocycles. The maximum absolute atomic E-state index is 13.0. The van der Waals surface area contributed by atoms with Crippen molar-refractivity contribution in [2.75, 3.05) is 59.4 Å². The zero-order valence-corrected chi connectivity index (χ0v) is 17.4. The first-order valence-corrected chi connectivity index (χ1v) is 10.9. The van der Waals surface area contributed by atoms with Crippen molar-refractivity contribution in [3.8, 4) is 0 Å². The lowest BCUT2D eigenvalue weighted by molar-refractivity contribution is -0.139. The number of carbonyl (C=O) groups excluding carboxylic acids is 2. The molecule has 3 fully saturated rings. The van der Waals surface area contributed by atoms with Gasteiger partial charge in [0.15, 0.2) is 0 Å². The van der Waals surface area contributed by atoms with Gasteiger partial charge >= 0.3 is 0 Å². The highest BCUT2D eigenvalue weighted by atomic mass is 16.2. The summed E-state index contributed by atoms with van der Waals surface area (Å²) in [5.74, 6) is 0.447. The topological polar surface area (TPSA) is 72.9 Å². The van der Waals surface area contributed by atoms with Gasteiger partial charge in [0.25, 0.3) is 5.91 Å². The summed E-state index contributed by atoms with van der Waals surface area (Å²) in [6.07, 6.45) is 8.69. The van der Waals surface area contributed by atoms with Gasteiger partial charge in [-0.2, -0.15) is 0 Å². The monoisotopic (exact) mass is 400 g/mol. The Morgan fingerprint density at radius 3 is 2.38 bits per heavy atom. The molecule has 0 radical (unpaired) electrons. The lowest BCUT2D eigenvalue weighted by Gasteiger charge is -2.43. The van der Waals surface area contributed by atoms with Crippen LogP contribution in [-0.4, -0.2) is 107 Å². The van der Waals surface area contributed by atoms with Crippen LogP contribution in [0.25, 0.3) is 0 Å². The second kappa shape index (κ2) is 9.17. The molecule has 0 N–H and O–H groups in total. The minimum Gasteiger partial charge on any atom is -0.340 e. The molecule has 4 rings (SSSR count). The summed E-state index contributed by atoms with van der Waals surface area (Å²) in [5.41, 5.74) is 0.418. The van der Waals surface area contributed by atoms with Gasteiger partial charge in [-0.3, -0.25) is 19.5 Å². The zero-order chi connectivity index (χ0) is 20.2. The summed E-state index contributed by atoms with van der Waals surface area (Å²) in [7, 11) is 2.12. The third-order valence-electron chi connectivity index (χ3n) is 6.67. The molecule has 1 atom stereocenters. The van der Waals surface area contributed by atoms with Crippen LogP contribution >= 0.6 is 0 Å². The van der Waals surface area contributed by atoms with Gasteiger partial charge in [0.05, 0.1) is 12.1 Å². The molecule has 0 bridgehead atoms. The summed E-state index contributed by atoms with van der Waals surface area (Å²) < 4.78 is 0. The summed E-state index contributed by atoms with van der Waals surface area (Å²) in [4.78, 5) is 42.5. The fourth-order valence-corrected chi connectivity index (χ4v) is 4.83. The van der Waals surface area contributed by atoms with Crippen molar-refractivity contribution in [3.05, 3.63) is 24.3 Å². The number of rotatable bonds is 3. The third-order valence-corrected chi connectivity index (χ3v) is 6.67. The lowest BCUT2D eigenvalue weighted by atomic mass is 9.92. The number of nitrogens with zero attached hydrogens (tertiary/aromatic N) is 6. The van der Waals surface area contributed by atoms with Gasteiger partial charge in [-0.25, -0.2) is 4.98 Å². The van der Waals surface area contributed by atoms with Crippen molar-refractivity contribution < 1.29 is 9.59 Å². The van der Waals surface area contributed by atoms with Crippen molar-refractivity contribution in [2.45, 2.75) is 31.7 Å². The molecule has 3 saturated heterocycles. The highest BCUT2D eigenvalue weighted by molar-refractivity contribution is 5.92. The van der Waals surface area contributed by atoms with E-state index in [4.69, 9.17) is 0 Å². The van der Waals surface area contributed by atoms with Gasteiger partial charge in [-0.05, 0) is 39.3 Å². The van der Waals surface area contributed by atoms with Crippen LogP contribution in [0.3, 0.4) is 0 Å². The molecule has 29 heavy (non-hydrogen) atoms. The van der Waals surface area contributed by atoms with Crippen LogP contribution in [0.15, 0.2) is 18.6 Å². The zero-order valence-electron chi connectivity index (χ0n) is 17.4. The van der Waals surface area contributed by atoms with E-state index in [1.54, 1.807) is 12.4 Å². The summed E-state index contributed by atoms with van der Waals surface area (Å²) >= 11 is 0. The number of likely N-dealkylation sites (tertiary alicyclic amines) is 2. The van der Waals surface area contributed by atoms with Gasteiger partial charge in [0.1, 0.15) is 5.69 Å². The highest BCUT2D eigenvalue weighted by Crippen LogP contribution is 2.26. The molecule has 0 unspecified atom stereocenters. The van der Waals surface area contributed by atoms with Crippen molar-refractivity contribution in [2.24, 2.45) is 5.92 Å². The van der Waals surface area contributed by atoms with Crippen molar-refractivity contribution in [1.29, 1.82) is 0 Å². The molecule has 2 amide bonds. The first kappa shape index (κ1) is 20.2. The Hall–Kier alpha value is -2.06. The predicted octanol–water partition coefficient (Wildman–Crippen LogP) is 0.567. The normalized spacial score (nSPS) is 25.2. The summed E-state index contributed by atoms with van der Waals surface area (Å²) in [6.45, 7) is 7.08.